The molecule has 1 aromatic rings. The fourth-order valence-corrected chi connectivity index (χ4v) is 3.36. The van der Waals surface area contributed by atoms with Crippen LogP contribution in [-0.2, 0) is 11.2 Å². The lowest BCUT2D eigenvalue weighted by atomic mass is 9.85. The molecule has 2 atom stereocenters. The Morgan fingerprint density at radius 1 is 1.35 bits per heavy atom. The molecule has 1 heterocycles. The molecule has 2 unspecified atom stereocenters. The van der Waals surface area contributed by atoms with Crippen LogP contribution in [0.5, 0.6) is 0 Å². The van der Waals surface area contributed by atoms with Gasteiger partial charge in [0.25, 0.3) is 5.69 Å². The number of piperidine rings is 1. The fraction of sp³-hybridized carbons (Fsp3) is 0.632. The van der Waals surface area contributed by atoms with Crippen molar-refractivity contribution in [1.29, 1.82) is 0 Å². The molecule has 0 bridgehead atoms. The van der Waals surface area contributed by atoms with Crippen LogP contribution >= 0.6 is 12.4 Å². The number of nitro benzene ring substituents is 1. The number of amides is 1. The Bertz CT molecular complexity index is 560. The molecule has 0 radical (unpaired) electrons. The van der Waals surface area contributed by atoms with Crippen molar-refractivity contribution in [3.05, 3.63) is 39.9 Å². The summed E-state index contributed by atoms with van der Waals surface area (Å²) in [6, 6.07) is 6.68. The zero-order valence-corrected chi connectivity index (χ0v) is 16.2. The van der Waals surface area contributed by atoms with Crippen molar-refractivity contribution in [2.75, 3.05) is 19.6 Å². The predicted octanol–water partition coefficient (Wildman–Crippen LogP) is 3.48. The second kappa shape index (κ2) is 11.9. The molecule has 1 fully saturated rings. The molecular formula is C19H30ClN3O3. The Labute approximate surface area is 161 Å². The molecule has 0 spiro atoms. The summed E-state index contributed by atoms with van der Waals surface area (Å²) in [5.74, 6) is 1.18. The third kappa shape index (κ3) is 7.70. The molecule has 2 N–H and O–H groups in total. The summed E-state index contributed by atoms with van der Waals surface area (Å²) < 4.78 is 0. The largest absolute Gasteiger partial charge is 0.356 e. The number of benzene rings is 1. The fourth-order valence-electron chi connectivity index (χ4n) is 3.36. The predicted molar refractivity (Wildman–Crippen MR) is 106 cm³/mol. The minimum Gasteiger partial charge on any atom is -0.356 e. The van der Waals surface area contributed by atoms with Crippen LogP contribution in [-0.4, -0.2) is 30.5 Å². The maximum Gasteiger partial charge on any atom is 0.269 e. The van der Waals surface area contributed by atoms with Gasteiger partial charge in [-0.15, -0.1) is 12.4 Å². The average molecular weight is 384 g/mol. The van der Waals surface area contributed by atoms with Crippen molar-refractivity contribution in [3.8, 4) is 0 Å². The first-order chi connectivity index (χ1) is 12.1. The zero-order valence-electron chi connectivity index (χ0n) is 15.4. The number of aryl methyl sites for hydroxylation is 1. The highest BCUT2D eigenvalue weighted by Crippen LogP contribution is 2.22. The summed E-state index contributed by atoms with van der Waals surface area (Å²) in [6.07, 6.45) is 5.78. The van der Waals surface area contributed by atoms with Gasteiger partial charge in [-0.05, 0) is 62.6 Å². The number of carbonyl (C=O) groups excluding carboxylic acids is 1. The first kappa shape index (κ1) is 22.4. The number of hydrogen-bond donors (Lipinski definition) is 2. The second-order valence-electron chi connectivity index (χ2n) is 7.02. The molecule has 0 saturated carbocycles. The molecule has 1 aliphatic heterocycles. The van der Waals surface area contributed by atoms with Gasteiger partial charge >= 0.3 is 0 Å². The summed E-state index contributed by atoms with van der Waals surface area (Å²) in [5.41, 5.74) is 1.22. The van der Waals surface area contributed by atoms with Crippen LogP contribution in [0.1, 0.15) is 44.6 Å². The van der Waals surface area contributed by atoms with Crippen LogP contribution in [0.25, 0.3) is 0 Å². The van der Waals surface area contributed by atoms with Crippen LogP contribution in [0.4, 0.5) is 5.69 Å². The third-order valence-electron chi connectivity index (χ3n) is 5.01. The summed E-state index contributed by atoms with van der Waals surface area (Å²) in [6.45, 7) is 5.00. The highest BCUT2D eigenvalue weighted by atomic mass is 35.5. The van der Waals surface area contributed by atoms with Crippen LogP contribution in [0, 0.1) is 22.0 Å². The number of halogens is 1. The third-order valence-corrected chi connectivity index (χ3v) is 5.01. The van der Waals surface area contributed by atoms with Crippen molar-refractivity contribution in [1.82, 2.24) is 10.6 Å². The maximum atomic E-state index is 12.0. The van der Waals surface area contributed by atoms with E-state index < -0.39 is 0 Å². The normalized spacial score (nSPS) is 17.8. The summed E-state index contributed by atoms with van der Waals surface area (Å²) >= 11 is 0. The van der Waals surface area contributed by atoms with Crippen LogP contribution in [0.2, 0.25) is 0 Å². The molecule has 0 aromatic heterocycles. The first-order valence-corrected chi connectivity index (χ1v) is 9.27. The molecule has 7 heteroatoms. The monoisotopic (exact) mass is 383 g/mol. The molecule has 26 heavy (non-hydrogen) atoms. The molecule has 0 aliphatic carbocycles. The Morgan fingerprint density at radius 3 is 2.69 bits per heavy atom. The van der Waals surface area contributed by atoms with Crippen molar-refractivity contribution in [2.24, 2.45) is 11.8 Å². The lowest BCUT2D eigenvalue weighted by Crippen LogP contribution is -2.35. The average Bonchev–Trinajstić information content (AvgIpc) is 2.62. The van der Waals surface area contributed by atoms with E-state index in [-0.39, 0.29) is 28.9 Å². The van der Waals surface area contributed by atoms with E-state index in [0.29, 0.717) is 24.8 Å². The number of carbonyl (C=O) groups is 1. The molecule has 1 aliphatic rings. The lowest BCUT2D eigenvalue weighted by molar-refractivity contribution is -0.384. The van der Waals surface area contributed by atoms with E-state index in [1.807, 2.05) is 0 Å². The van der Waals surface area contributed by atoms with E-state index in [2.05, 4.69) is 17.6 Å². The molecule has 1 amide bonds. The Balaban J connectivity index is 0.00000338. The molecule has 146 valence electrons. The number of nitro groups is 1. The highest BCUT2D eigenvalue weighted by molar-refractivity contribution is 5.85. The smallest absolute Gasteiger partial charge is 0.269 e. The van der Waals surface area contributed by atoms with Gasteiger partial charge in [0.1, 0.15) is 0 Å². The molecular weight excluding hydrogens is 354 g/mol. The van der Waals surface area contributed by atoms with Crippen molar-refractivity contribution in [3.63, 3.8) is 0 Å². The van der Waals surface area contributed by atoms with Gasteiger partial charge in [-0.25, -0.2) is 0 Å². The van der Waals surface area contributed by atoms with E-state index in [1.54, 1.807) is 24.3 Å². The van der Waals surface area contributed by atoms with E-state index >= 15 is 0 Å². The van der Waals surface area contributed by atoms with Gasteiger partial charge < -0.3 is 10.6 Å². The van der Waals surface area contributed by atoms with Crippen molar-refractivity contribution < 1.29 is 9.72 Å². The highest BCUT2D eigenvalue weighted by Gasteiger charge is 2.21. The molecule has 2 rings (SSSR count). The quantitative estimate of drug-likeness (QED) is 0.388. The van der Waals surface area contributed by atoms with Gasteiger partial charge in [0.2, 0.25) is 5.91 Å². The van der Waals surface area contributed by atoms with Crippen LogP contribution < -0.4 is 10.6 Å². The van der Waals surface area contributed by atoms with Crippen LogP contribution in [0.3, 0.4) is 0 Å². The Hall–Kier alpha value is -1.66. The Kier molecular flexibility index (Phi) is 10.2. The maximum absolute atomic E-state index is 12.0. The van der Waals surface area contributed by atoms with Gasteiger partial charge in [-0.3, -0.25) is 14.9 Å². The lowest BCUT2D eigenvalue weighted by Gasteiger charge is -2.28. The Morgan fingerprint density at radius 2 is 2.08 bits per heavy atom. The standard InChI is InChI=1S/C19H29N3O3.ClH/c1-15(17-6-4-11-20-14-17)13-19(23)21-12-3-2-5-16-7-9-18(10-8-16)22(24)25;/h7-10,15,17,20H,2-6,11-14H2,1H3,(H,21,23);1H. The second-order valence-corrected chi connectivity index (χ2v) is 7.02. The number of unbranched alkanes of at least 4 members (excludes halogenated alkanes) is 1. The summed E-state index contributed by atoms with van der Waals surface area (Å²) in [5, 5.41) is 17.0. The first-order valence-electron chi connectivity index (χ1n) is 9.27. The van der Waals surface area contributed by atoms with Gasteiger partial charge in [0.15, 0.2) is 0 Å². The van der Waals surface area contributed by atoms with Gasteiger partial charge in [-0.2, -0.15) is 0 Å². The van der Waals surface area contributed by atoms with E-state index in [1.165, 1.54) is 12.8 Å². The van der Waals surface area contributed by atoms with Crippen molar-refractivity contribution in [2.45, 2.75) is 45.4 Å². The molecule has 1 aromatic carbocycles. The zero-order chi connectivity index (χ0) is 18.1. The molecule has 1 saturated heterocycles. The minimum absolute atomic E-state index is 0. The van der Waals surface area contributed by atoms with E-state index in [9.17, 15) is 14.9 Å². The number of nitrogens with one attached hydrogen (secondary N) is 2. The van der Waals surface area contributed by atoms with E-state index in [0.717, 1.165) is 37.9 Å². The van der Waals surface area contributed by atoms with Crippen LogP contribution in [0.15, 0.2) is 24.3 Å². The molecule has 6 nitrogen and oxygen atoms in total. The summed E-state index contributed by atoms with van der Waals surface area (Å²) in [7, 11) is 0. The van der Waals surface area contributed by atoms with Gasteiger partial charge in [-0.1, -0.05) is 19.1 Å². The number of nitrogens with zero attached hydrogens (tertiary/aromatic N) is 1. The number of rotatable bonds is 9. The number of non-ortho nitro benzene ring substituents is 1. The van der Waals surface area contributed by atoms with Gasteiger partial charge in [0, 0.05) is 25.1 Å². The SMILES string of the molecule is CC(CC(=O)NCCCCc1ccc([N+](=O)[O-])cc1)C1CCCNC1.Cl. The van der Waals surface area contributed by atoms with Crippen molar-refractivity contribution >= 4 is 24.0 Å². The minimum atomic E-state index is -0.385. The number of hydrogen-bond acceptors (Lipinski definition) is 4. The van der Waals surface area contributed by atoms with E-state index in [4.69, 9.17) is 0 Å². The topological polar surface area (TPSA) is 84.3 Å². The summed E-state index contributed by atoms with van der Waals surface area (Å²) in [4.78, 5) is 22.3. The van der Waals surface area contributed by atoms with Gasteiger partial charge in [0.05, 0.1) is 4.92 Å².